The lowest BCUT2D eigenvalue weighted by molar-refractivity contribution is 0.0592. The molecule has 2 heterocycles. The van der Waals surface area contributed by atoms with Crippen LogP contribution < -0.4 is 20.5 Å². The summed E-state index contributed by atoms with van der Waals surface area (Å²) in [7, 11) is 2.66. The second-order valence-electron chi connectivity index (χ2n) is 12.0. The maximum Gasteiger partial charge on any atom is 0.339 e. The summed E-state index contributed by atoms with van der Waals surface area (Å²) in [6.45, 7) is 14.6. The van der Waals surface area contributed by atoms with Crippen molar-refractivity contribution < 1.29 is 52.0 Å². The van der Waals surface area contributed by atoms with Crippen LogP contribution in [0.1, 0.15) is 60.0 Å². The first kappa shape index (κ1) is 47.8. The van der Waals surface area contributed by atoms with Crippen LogP contribution in [0.2, 0.25) is 0 Å². The zero-order valence-corrected chi connectivity index (χ0v) is 32.3. The zero-order valence-electron chi connectivity index (χ0n) is 32.3. The van der Waals surface area contributed by atoms with E-state index in [2.05, 4.69) is 34.4 Å². The van der Waals surface area contributed by atoms with E-state index in [1.165, 1.54) is 87.3 Å². The number of carbonyl (C=O) groups excluding carboxylic acids is 3. The van der Waals surface area contributed by atoms with Crippen LogP contribution in [-0.4, -0.2) is 53.1 Å². The van der Waals surface area contributed by atoms with Gasteiger partial charge in [-0.25, -0.2) is 42.8 Å². The Balaban J connectivity index is 0.000000273. The Labute approximate surface area is 355 Å². The molecule has 1 amide bonds. The average Bonchev–Trinajstić information content (AvgIpc) is 3.30. The predicted molar refractivity (Wildman–Crippen MR) is 222 cm³/mol. The van der Waals surface area contributed by atoms with Gasteiger partial charge in [-0.15, -0.1) is 0 Å². The topological polar surface area (TPSA) is 198 Å². The van der Waals surface area contributed by atoms with Gasteiger partial charge in [-0.05, 0) is 96.1 Å². The van der Waals surface area contributed by atoms with E-state index in [4.69, 9.17) is 33.5 Å². The number of methoxy groups -OCH3 is 2. The standard InChI is InChI=1S/C22H16FN3O4.C13H7FN2O3.C9H11NO2.CH4/c1-24-17-11-19(21(26-13-17)30-18-9-7-16(23)8-10-18)20(27)25-12-14-3-5-15(6-4-14)22(28)29-2;1-15-9-6-11(13(17)18)12(16-7-9)19-10-4-2-8(14)3-5-10;1-12-9(11)8-4-2-7(6-10)3-5-8;/h3-11,13H,12H2,2H3,(H,25,27);2-7H,(H,17,18);2-5H,6,10H2,1H3;1H4. The number of halogens is 2. The number of amides is 1. The van der Waals surface area contributed by atoms with E-state index < -0.39 is 29.5 Å². The number of aromatic carboxylic acids is 1. The Morgan fingerprint density at radius 1 is 0.661 bits per heavy atom. The van der Waals surface area contributed by atoms with Gasteiger partial charge in [0.1, 0.15) is 28.7 Å². The van der Waals surface area contributed by atoms with Gasteiger partial charge in [0.15, 0.2) is 0 Å². The van der Waals surface area contributed by atoms with E-state index in [9.17, 15) is 28.0 Å². The Hall–Kier alpha value is -8.54. The van der Waals surface area contributed by atoms with Gasteiger partial charge in [0.2, 0.25) is 23.1 Å². The molecule has 4 N–H and O–H groups in total. The Morgan fingerprint density at radius 2 is 1.06 bits per heavy atom. The zero-order chi connectivity index (χ0) is 44.3. The lowest BCUT2D eigenvalue weighted by atomic mass is 10.1. The largest absolute Gasteiger partial charge is 0.478 e. The number of hydrogen-bond donors (Lipinski definition) is 3. The van der Waals surface area contributed by atoms with E-state index in [1.54, 1.807) is 36.4 Å². The predicted octanol–water partition coefficient (Wildman–Crippen LogP) is 9.11. The first-order chi connectivity index (χ1) is 29.4. The van der Waals surface area contributed by atoms with Gasteiger partial charge in [0, 0.05) is 25.5 Å². The molecule has 0 saturated carbocycles. The fourth-order valence-corrected chi connectivity index (χ4v) is 4.76. The molecular weight excluding hydrogens is 807 g/mol. The number of nitrogens with two attached hydrogens (primary N) is 1. The molecular formula is C45H38F2N6O9. The average molecular weight is 845 g/mol. The van der Waals surface area contributed by atoms with Crippen LogP contribution in [0.25, 0.3) is 9.69 Å². The normalized spacial score (nSPS) is 9.66. The monoisotopic (exact) mass is 844 g/mol. The van der Waals surface area contributed by atoms with Crippen molar-refractivity contribution in [3.8, 4) is 23.3 Å². The summed E-state index contributed by atoms with van der Waals surface area (Å²) in [5.41, 5.74) is 8.22. The fourth-order valence-electron chi connectivity index (χ4n) is 4.76. The minimum Gasteiger partial charge on any atom is -0.478 e. The molecule has 17 heteroatoms. The highest BCUT2D eigenvalue weighted by Gasteiger charge is 2.17. The van der Waals surface area contributed by atoms with Crippen molar-refractivity contribution in [2.75, 3.05) is 14.2 Å². The summed E-state index contributed by atoms with van der Waals surface area (Å²) in [5, 5.41) is 11.8. The molecule has 0 bridgehead atoms. The van der Waals surface area contributed by atoms with Gasteiger partial charge in [-0.3, -0.25) is 4.79 Å². The number of esters is 2. The number of hydrogen-bond acceptors (Lipinski definition) is 11. The number of aromatic nitrogens is 2. The Kier molecular flexibility index (Phi) is 18.3. The highest BCUT2D eigenvalue weighted by Crippen LogP contribution is 2.28. The first-order valence-corrected chi connectivity index (χ1v) is 17.6. The number of nitrogens with one attached hydrogen (secondary N) is 1. The lowest BCUT2D eigenvalue weighted by Gasteiger charge is -2.11. The Bertz CT molecular complexity index is 2560. The van der Waals surface area contributed by atoms with Crippen molar-refractivity contribution in [2.45, 2.75) is 20.5 Å². The summed E-state index contributed by atoms with van der Waals surface area (Å²) >= 11 is 0. The first-order valence-electron chi connectivity index (χ1n) is 17.6. The van der Waals surface area contributed by atoms with Crippen LogP contribution >= 0.6 is 0 Å². The second kappa shape index (κ2) is 23.8. The fraction of sp³-hybridized carbons (Fsp3) is 0.111. The van der Waals surface area contributed by atoms with Crippen molar-refractivity contribution in [3.63, 3.8) is 0 Å². The number of carbonyl (C=O) groups is 4. The van der Waals surface area contributed by atoms with Gasteiger partial charge < -0.3 is 35.1 Å². The maximum absolute atomic E-state index is 13.1. The molecule has 316 valence electrons. The summed E-state index contributed by atoms with van der Waals surface area (Å²) < 4.78 is 45.9. The van der Waals surface area contributed by atoms with E-state index in [0.29, 0.717) is 23.4 Å². The van der Waals surface area contributed by atoms with Crippen LogP contribution in [0.15, 0.2) is 122 Å². The molecule has 0 aliphatic heterocycles. The molecule has 0 aliphatic carbocycles. The molecule has 6 aromatic rings. The SMILES string of the molecule is C.COC(=O)c1ccc(CN)cc1.[C-]#[N+]c1cnc(Oc2ccc(F)cc2)c(C(=O)NCc2ccc(C(=O)OC)cc2)c1.[C-]#[N+]c1cnc(Oc2ccc(F)cc2)c(C(=O)O)c1. The number of carboxylic acid groups (broad SMARTS) is 1. The van der Waals surface area contributed by atoms with Crippen molar-refractivity contribution in [3.05, 3.63) is 189 Å². The highest BCUT2D eigenvalue weighted by molar-refractivity contribution is 5.97. The molecule has 0 unspecified atom stereocenters. The molecule has 0 spiro atoms. The maximum atomic E-state index is 13.1. The molecule has 0 saturated heterocycles. The molecule has 62 heavy (non-hydrogen) atoms. The minimum atomic E-state index is -1.25. The smallest absolute Gasteiger partial charge is 0.339 e. The molecule has 2 aromatic heterocycles. The van der Waals surface area contributed by atoms with Gasteiger partial charge in [-0.2, -0.15) is 0 Å². The second-order valence-corrected chi connectivity index (χ2v) is 12.0. The van der Waals surface area contributed by atoms with Crippen molar-refractivity contribution >= 4 is 35.2 Å². The van der Waals surface area contributed by atoms with Crippen molar-refractivity contribution in [1.82, 2.24) is 15.3 Å². The number of benzene rings is 4. The number of rotatable bonds is 11. The number of pyridine rings is 2. The highest BCUT2D eigenvalue weighted by atomic mass is 19.1. The van der Waals surface area contributed by atoms with Gasteiger partial charge in [-0.1, -0.05) is 31.7 Å². The van der Waals surface area contributed by atoms with Gasteiger partial charge >= 0.3 is 17.9 Å². The molecule has 0 radical (unpaired) electrons. The third-order valence-electron chi connectivity index (χ3n) is 7.90. The lowest BCUT2D eigenvalue weighted by Crippen LogP contribution is -2.23. The minimum absolute atomic E-state index is 0. The van der Waals surface area contributed by atoms with Crippen LogP contribution in [0.5, 0.6) is 23.3 Å². The van der Waals surface area contributed by atoms with Crippen LogP contribution in [-0.2, 0) is 22.6 Å². The van der Waals surface area contributed by atoms with Crippen LogP contribution in [0.3, 0.4) is 0 Å². The summed E-state index contributed by atoms with van der Waals surface area (Å²) in [6, 6.07) is 26.5. The third kappa shape index (κ3) is 14.1. The molecule has 0 aliphatic rings. The van der Waals surface area contributed by atoms with Crippen molar-refractivity contribution in [2.24, 2.45) is 5.73 Å². The molecule has 6 rings (SSSR count). The molecule has 15 nitrogen and oxygen atoms in total. The van der Waals surface area contributed by atoms with Crippen LogP contribution in [0.4, 0.5) is 20.2 Å². The third-order valence-corrected chi connectivity index (χ3v) is 7.90. The summed E-state index contributed by atoms with van der Waals surface area (Å²) in [6.07, 6.45) is 2.49. The summed E-state index contributed by atoms with van der Waals surface area (Å²) in [4.78, 5) is 60.4. The molecule has 0 atom stereocenters. The van der Waals surface area contributed by atoms with E-state index >= 15 is 0 Å². The molecule has 4 aromatic carbocycles. The number of carboxylic acids is 1. The van der Waals surface area contributed by atoms with E-state index in [1.807, 2.05) is 12.1 Å². The Morgan fingerprint density at radius 3 is 1.45 bits per heavy atom. The van der Waals surface area contributed by atoms with Crippen LogP contribution in [0, 0.1) is 24.8 Å². The summed E-state index contributed by atoms with van der Waals surface area (Å²) in [5.74, 6) is -2.97. The number of ether oxygens (including phenoxy) is 4. The van der Waals surface area contributed by atoms with E-state index in [-0.39, 0.29) is 60.0 Å². The van der Waals surface area contributed by atoms with E-state index in [0.717, 1.165) is 11.1 Å². The van der Waals surface area contributed by atoms with Crippen molar-refractivity contribution in [1.29, 1.82) is 0 Å². The molecule has 0 fully saturated rings. The van der Waals surface area contributed by atoms with Gasteiger partial charge in [0.05, 0.1) is 44.1 Å². The van der Waals surface area contributed by atoms with Gasteiger partial charge in [0.25, 0.3) is 5.91 Å². The quantitative estimate of drug-likeness (QED) is 0.0827. The number of nitrogens with zero attached hydrogens (tertiary/aromatic N) is 4.